The van der Waals surface area contributed by atoms with Crippen molar-refractivity contribution in [3.05, 3.63) is 17.7 Å². The molecule has 0 aliphatic heterocycles. The Morgan fingerprint density at radius 1 is 1.37 bits per heavy atom. The van der Waals surface area contributed by atoms with Crippen LogP contribution in [0.15, 0.2) is 17.2 Å². The Balaban J connectivity index is 0.00000324. The largest absolute Gasteiger partial charge is 0.504 e. The molecule has 0 saturated heterocycles. The van der Waals surface area contributed by atoms with Crippen LogP contribution in [-0.4, -0.2) is 45.2 Å². The van der Waals surface area contributed by atoms with Crippen molar-refractivity contribution in [3.8, 4) is 17.2 Å². The predicted molar refractivity (Wildman–Crippen MR) is 69.5 cm³/mol. The molecule has 0 fully saturated rings. The molecule has 9 heteroatoms. The zero-order valence-electron chi connectivity index (χ0n) is 9.65. The average molecular weight is 292 g/mol. The van der Waals surface area contributed by atoms with Gasteiger partial charge in [0.2, 0.25) is 5.75 Å². The molecule has 0 aliphatic rings. The molecule has 19 heavy (non-hydrogen) atoms. The number of hydrogen-bond acceptors (Lipinski definition) is 7. The Hall–Kier alpha value is -2.03. The number of amides is 1. The van der Waals surface area contributed by atoms with E-state index in [2.05, 4.69) is 5.10 Å². The Kier molecular flexibility index (Phi) is 6.62. The number of nitrogens with two attached hydrogens (primary N) is 1. The number of halogens is 1. The van der Waals surface area contributed by atoms with Gasteiger partial charge in [0.25, 0.3) is 5.91 Å². The van der Waals surface area contributed by atoms with Crippen molar-refractivity contribution in [1.82, 2.24) is 5.43 Å². The van der Waals surface area contributed by atoms with E-state index in [1.54, 1.807) is 0 Å². The fraction of sp³-hybridized carbons (Fsp3) is 0.200. The molecule has 0 spiro atoms. The van der Waals surface area contributed by atoms with Crippen LogP contribution in [0.1, 0.15) is 5.56 Å². The van der Waals surface area contributed by atoms with Crippen LogP contribution < -0.4 is 11.2 Å². The zero-order chi connectivity index (χ0) is 13.7. The van der Waals surface area contributed by atoms with Gasteiger partial charge in [-0.2, -0.15) is 5.10 Å². The van der Waals surface area contributed by atoms with E-state index < -0.39 is 35.8 Å². The highest BCUT2D eigenvalue weighted by molar-refractivity contribution is 5.87. The second kappa shape index (κ2) is 7.41. The number of carbonyl (C=O) groups excluding carboxylic acids is 1. The number of nitrogens with one attached hydrogen (secondary N) is 1. The normalized spacial score (nSPS) is 11.9. The van der Waals surface area contributed by atoms with Gasteiger partial charge >= 0.3 is 0 Å². The van der Waals surface area contributed by atoms with Gasteiger partial charge in [0.15, 0.2) is 11.5 Å². The van der Waals surface area contributed by atoms with Gasteiger partial charge in [0, 0.05) is 5.56 Å². The van der Waals surface area contributed by atoms with Crippen LogP contribution in [0.5, 0.6) is 17.2 Å². The van der Waals surface area contributed by atoms with Gasteiger partial charge in [-0.25, -0.2) is 5.43 Å². The lowest BCUT2D eigenvalue weighted by Crippen LogP contribution is -2.40. The fourth-order valence-electron chi connectivity index (χ4n) is 1.02. The van der Waals surface area contributed by atoms with Crippen molar-refractivity contribution in [2.24, 2.45) is 10.8 Å². The molecule has 1 amide bonds. The lowest BCUT2D eigenvalue weighted by atomic mass is 10.2. The van der Waals surface area contributed by atoms with Gasteiger partial charge < -0.3 is 26.2 Å². The number of carbonyl (C=O) groups is 1. The third-order valence-electron chi connectivity index (χ3n) is 2.07. The number of nitrogens with zero attached hydrogens (tertiary/aromatic N) is 1. The first-order chi connectivity index (χ1) is 8.47. The van der Waals surface area contributed by atoms with Gasteiger partial charge in [-0.3, -0.25) is 4.79 Å². The highest BCUT2D eigenvalue weighted by Gasteiger charge is 2.11. The number of hydrazone groups is 1. The maximum absolute atomic E-state index is 11.1. The number of aromatic hydroxyl groups is 3. The first kappa shape index (κ1) is 17.0. The van der Waals surface area contributed by atoms with Crippen LogP contribution >= 0.6 is 12.4 Å². The van der Waals surface area contributed by atoms with Crippen LogP contribution in [0.25, 0.3) is 0 Å². The monoisotopic (exact) mass is 291 g/mol. The minimum Gasteiger partial charge on any atom is -0.504 e. The molecule has 0 radical (unpaired) electrons. The summed E-state index contributed by atoms with van der Waals surface area (Å²) in [5, 5.41) is 39.8. The van der Waals surface area contributed by atoms with Crippen molar-refractivity contribution in [1.29, 1.82) is 0 Å². The van der Waals surface area contributed by atoms with Gasteiger partial charge in [0.1, 0.15) is 6.04 Å². The molecule has 1 unspecified atom stereocenters. The first-order valence-corrected chi connectivity index (χ1v) is 4.90. The van der Waals surface area contributed by atoms with Crippen LogP contribution in [-0.2, 0) is 4.79 Å². The number of aliphatic hydroxyl groups excluding tert-OH is 1. The molecule has 106 valence electrons. The predicted octanol–water partition coefficient (Wildman–Crippen LogP) is -1.01. The number of phenolic OH excluding ortho intramolecular Hbond substituents is 3. The van der Waals surface area contributed by atoms with Crippen LogP contribution in [0, 0.1) is 0 Å². The van der Waals surface area contributed by atoms with E-state index in [4.69, 9.17) is 15.9 Å². The molecule has 8 nitrogen and oxygen atoms in total. The third-order valence-corrected chi connectivity index (χ3v) is 2.07. The molecular formula is C10H14ClN3O5. The fourth-order valence-corrected chi connectivity index (χ4v) is 1.02. The summed E-state index contributed by atoms with van der Waals surface area (Å²) in [5.74, 6) is -2.43. The Bertz CT molecular complexity index is 480. The van der Waals surface area contributed by atoms with Gasteiger partial charge in [0.05, 0.1) is 12.8 Å². The van der Waals surface area contributed by atoms with E-state index >= 15 is 0 Å². The second-order valence-corrected chi connectivity index (χ2v) is 3.39. The van der Waals surface area contributed by atoms with Crippen molar-refractivity contribution >= 4 is 24.5 Å². The first-order valence-electron chi connectivity index (χ1n) is 4.90. The molecule has 0 aromatic heterocycles. The number of aliphatic hydroxyl groups is 1. The van der Waals surface area contributed by atoms with Crippen molar-refractivity contribution < 1.29 is 25.2 Å². The molecule has 0 heterocycles. The SMILES string of the molecule is Cl.NC(CO)C(=O)N/N=C/c1ccc(O)c(O)c1O. The van der Waals surface area contributed by atoms with Crippen LogP contribution in [0.3, 0.4) is 0 Å². The maximum atomic E-state index is 11.1. The minimum absolute atomic E-state index is 0. The summed E-state index contributed by atoms with van der Waals surface area (Å²) < 4.78 is 0. The van der Waals surface area contributed by atoms with E-state index in [0.29, 0.717) is 0 Å². The van der Waals surface area contributed by atoms with E-state index in [1.807, 2.05) is 5.43 Å². The van der Waals surface area contributed by atoms with E-state index in [1.165, 1.54) is 6.07 Å². The summed E-state index contributed by atoms with van der Waals surface area (Å²) in [7, 11) is 0. The van der Waals surface area contributed by atoms with Gasteiger partial charge in [-0.05, 0) is 12.1 Å². The summed E-state index contributed by atoms with van der Waals surface area (Å²) >= 11 is 0. The Morgan fingerprint density at radius 3 is 2.58 bits per heavy atom. The van der Waals surface area contributed by atoms with Crippen molar-refractivity contribution in [2.75, 3.05) is 6.61 Å². The molecule has 7 N–H and O–H groups in total. The van der Waals surface area contributed by atoms with E-state index in [-0.39, 0.29) is 18.0 Å². The van der Waals surface area contributed by atoms with Crippen molar-refractivity contribution in [3.63, 3.8) is 0 Å². The third kappa shape index (κ3) is 4.28. The Labute approximate surface area is 114 Å². The highest BCUT2D eigenvalue weighted by atomic mass is 35.5. The molecule has 0 bridgehead atoms. The molecule has 1 aromatic rings. The molecule has 1 aromatic carbocycles. The quantitative estimate of drug-likeness (QED) is 0.238. The van der Waals surface area contributed by atoms with Crippen LogP contribution in [0.2, 0.25) is 0 Å². The molecular weight excluding hydrogens is 278 g/mol. The van der Waals surface area contributed by atoms with Gasteiger partial charge in [-0.15, -0.1) is 12.4 Å². The number of benzene rings is 1. The number of phenols is 3. The smallest absolute Gasteiger partial charge is 0.259 e. The highest BCUT2D eigenvalue weighted by Crippen LogP contribution is 2.36. The number of hydrogen-bond donors (Lipinski definition) is 6. The molecule has 0 saturated carbocycles. The zero-order valence-corrected chi connectivity index (χ0v) is 10.5. The molecule has 1 rings (SSSR count). The maximum Gasteiger partial charge on any atom is 0.259 e. The number of rotatable bonds is 4. The van der Waals surface area contributed by atoms with Crippen molar-refractivity contribution in [2.45, 2.75) is 6.04 Å². The summed E-state index contributed by atoms with van der Waals surface area (Å²) in [6.07, 6.45) is 1.05. The standard InChI is InChI=1S/C10H13N3O5.ClH/c11-6(4-14)10(18)13-12-3-5-1-2-7(15)9(17)8(5)16;/h1-3,6,14-17H,4,11H2,(H,13,18);1H/b12-3+;. The lowest BCUT2D eigenvalue weighted by molar-refractivity contribution is -0.123. The summed E-state index contributed by atoms with van der Waals surface area (Å²) in [6.45, 7) is -0.521. The summed E-state index contributed by atoms with van der Waals surface area (Å²) in [4.78, 5) is 11.1. The van der Waals surface area contributed by atoms with Crippen LogP contribution in [0.4, 0.5) is 0 Å². The lowest BCUT2D eigenvalue weighted by Gasteiger charge is -2.05. The van der Waals surface area contributed by atoms with E-state index in [9.17, 15) is 15.0 Å². The van der Waals surface area contributed by atoms with Gasteiger partial charge in [-0.1, -0.05) is 0 Å². The minimum atomic E-state index is -1.09. The second-order valence-electron chi connectivity index (χ2n) is 3.39. The van der Waals surface area contributed by atoms with E-state index in [0.717, 1.165) is 12.3 Å². The average Bonchev–Trinajstić information content (AvgIpc) is 2.37. The molecule has 0 aliphatic carbocycles. The molecule has 1 atom stereocenters. The Morgan fingerprint density at radius 2 is 2.00 bits per heavy atom. The topological polar surface area (TPSA) is 148 Å². The summed E-state index contributed by atoms with van der Waals surface area (Å²) in [6, 6.07) is 1.34. The summed E-state index contributed by atoms with van der Waals surface area (Å²) in [5.41, 5.74) is 7.33.